The van der Waals surface area contributed by atoms with Crippen molar-refractivity contribution < 1.29 is 9.53 Å². The quantitative estimate of drug-likeness (QED) is 0.275. The largest absolute Gasteiger partial charge is 0.465 e. The number of pyridine rings is 1. The number of rotatable bonds is 7. The van der Waals surface area contributed by atoms with E-state index in [0.717, 1.165) is 37.2 Å². The summed E-state index contributed by atoms with van der Waals surface area (Å²) < 4.78 is 4.84. The number of guanidine groups is 1. The van der Waals surface area contributed by atoms with Crippen molar-refractivity contribution in [2.45, 2.75) is 31.7 Å². The van der Waals surface area contributed by atoms with Crippen LogP contribution in [0.4, 0.5) is 0 Å². The van der Waals surface area contributed by atoms with Gasteiger partial charge >= 0.3 is 5.97 Å². The zero-order valence-electron chi connectivity index (χ0n) is 15.4. The van der Waals surface area contributed by atoms with Crippen LogP contribution in [0.5, 0.6) is 0 Å². The van der Waals surface area contributed by atoms with Gasteiger partial charge in [0.25, 0.3) is 0 Å². The van der Waals surface area contributed by atoms with Crippen LogP contribution in [0, 0.1) is 0 Å². The van der Waals surface area contributed by atoms with E-state index in [9.17, 15) is 4.79 Å². The van der Waals surface area contributed by atoms with Crippen molar-refractivity contribution in [2.75, 3.05) is 13.7 Å². The topological polar surface area (TPSA) is 89.6 Å². The minimum absolute atomic E-state index is 0. The number of ether oxygens (including phenoxy) is 1. The standard InChI is InChI=1S/C20H24N4O2.HI/c1-26-19(25)17-10-9-16(24-18(17)15-7-8-15)13-23-20(21)22-12-11-14-5-3-2-4-6-14;/h2-6,9-10,15H,7-8,11-13H2,1H3,(H3,21,22,23);1H. The number of halogens is 1. The second kappa shape index (κ2) is 10.2. The molecule has 1 saturated carbocycles. The van der Waals surface area contributed by atoms with E-state index in [2.05, 4.69) is 27.4 Å². The number of aliphatic imine (C=N–C) groups is 1. The fourth-order valence-corrected chi connectivity index (χ4v) is 2.76. The van der Waals surface area contributed by atoms with Gasteiger partial charge < -0.3 is 15.8 Å². The van der Waals surface area contributed by atoms with Crippen LogP contribution in [0.25, 0.3) is 0 Å². The second-order valence-corrected chi connectivity index (χ2v) is 6.37. The van der Waals surface area contributed by atoms with Gasteiger partial charge in [-0.1, -0.05) is 30.3 Å². The van der Waals surface area contributed by atoms with Crippen molar-refractivity contribution in [1.82, 2.24) is 10.3 Å². The Morgan fingerprint density at radius 1 is 1.26 bits per heavy atom. The maximum atomic E-state index is 11.9. The molecule has 1 heterocycles. The summed E-state index contributed by atoms with van der Waals surface area (Å²) >= 11 is 0. The summed E-state index contributed by atoms with van der Waals surface area (Å²) in [6.07, 6.45) is 3.01. The van der Waals surface area contributed by atoms with Crippen molar-refractivity contribution >= 4 is 35.9 Å². The lowest BCUT2D eigenvalue weighted by molar-refractivity contribution is 0.0598. The highest BCUT2D eigenvalue weighted by Gasteiger charge is 2.30. The zero-order valence-corrected chi connectivity index (χ0v) is 17.7. The van der Waals surface area contributed by atoms with Crippen molar-refractivity contribution in [1.29, 1.82) is 0 Å². The monoisotopic (exact) mass is 480 g/mol. The highest BCUT2D eigenvalue weighted by Crippen LogP contribution is 2.40. The van der Waals surface area contributed by atoms with E-state index in [4.69, 9.17) is 10.5 Å². The Labute approximate surface area is 176 Å². The van der Waals surface area contributed by atoms with Gasteiger partial charge in [0.15, 0.2) is 5.96 Å². The Hall–Kier alpha value is -2.16. The molecule has 7 heteroatoms. The summed E-state index contributed by atoms with van der Waals surface area (Å²) in [5, 5.41) is 3.12. The Bertz CT molecular complexity index is 792. The molecule has 144 valence electrons. The lowest BCUT2D eigenvalue weighted by atomic mass is 10.1. The molecule has 0 saturated heterocycles. The summed E-state index contributed by atoms with van der Waals surface area (Å²) in [6, 6.07) is 13.8. The third-order valence-corrected chi connectivity index (χ3v) is 4.33. The maximum Gasteiger partial charge on any atom is 0.339 e. The lowest BCUT2D eigenvalue weighted by Crippen LogP contribution is -2.33. The van der Waals surface area contributed by atoms with Gasteiger partial charge in [-0.3, -0.25) is 4.98 Å². The molecule has 6 nitrogen and oxygen atoms in total. The van der Waals surface area contributed by atoms with E-state index < -0.39 is 0 Å². The predicted molar refractivity (Wildman–Crippen MR) is 116 cm³/mol. The van der Waals surface area contributed by atoms with Crippen molar-refractivity contribution in [3.05, 3.63) is 65.0 Å². The molecular formula is C20H25IN4O2. The highest BCUT2D eigenvalue weighted by atomic mass is 127. The Morgan fingerprint density at radius 3 is 2.67 bits per heavy atom. The Kier molecular flexibility index (Phi) is 8.02. The minimum atomic E-state index is -0.337. The van der Waals surface area contributed by atoms with E-state index >= 15 is 0 Å². The van der Waals surface area contributed by atoms with Gasteiger partial charge in [0, 0.05) is 12.5 Å². The van der Waals surface area contributed by atoms with Crippen LogP contribution < -0.4 is 11.1 Å². The number of aromatic nitrogens is 1. The van der Waals surface area contributed by atoms with E-state index in [-0.39, 0.29) is 29.9 Å². The number of carbonyl (C=O) groups is 1. The predicted octanol–water partition coefficient (Wildman–Crippen LogP) is 3.01. The molecule has 0 aliphatic heterocycles. The number of nitrogens with two attached hydrogens (primary N) is 1. The summed E-state index contributed by atoms with van der Waals surface area (Å²) in [5.74, 6) is 0.415. The van der Waals surface area contributed by atoms with E-state index in [1.54, 1.807) is 12.1 Å². The van der Waals surface area contributed by atoms with Gasteiger partial charge in [-0.2, -0.15) is 0 Å². The zero-order chi connectivity index (χ0) is 18.4. The van der Waals surface area contributed by atoms with Crippen molar-refractivity contribution in [3.8, 4) is 0 Å². The average Bonchev–Trinajstić information content (AvgIpc) is 3.51. The smallest absolute Gasteiger partial charge is 0.339 e. The van der Waals surface area contributed by atoms with Crippen LogP contribution in [-0.4, -0.2) is 30.6 Å². The molecule has 0 bridgehead atoms. The fraction of sp³-hybridized carbons (Fsp3) is 0.350. The second-order valence-electron chi connectivity index (χ2n) is 6.37. The average molecular weight is 480 g/mol. The van der Waals surface area contributed by atoms with Crippen LogP contribution in [0.1, 0.15) is 46.1 Å². The van der Waals surface area contributed by atoms with Crippen molar-refractivity contribution in [2.24, 2.45) is 10.7 Å². The summed E-state index contributed by atoms with van der Waals surface area (Å²) in [7, 11) is 1.39. The first-order valence-electron chi connectivity index (χ1n) is 8.83. The molecule has 3 N–H and O–H groups in total. The van der Waals surface area contributed by atoms with Crippen LogP contribution in [-0.2, 0) is 17.7 Å². The van der Waals surface area contributed by atoms with Gasteiger partial charge in [-0.15, -0.1) is 24.0 Å². The molecule has 0 unspecified atom stereocenters. The molecule has 1 aliphatic carbocycles. The number of nitrogens with one attached hydrogen (secondary N) is 1. The van der Waals surface area contributed by atoms with Gasteiger partial charge in [0.1, 0.15) is 0 Å². The first-order chi connectivity index (χ1) is 12.7. The molecule has 1 fully saturated rings. The molecule has 0 amide bonds. The van der Waals surface area contributed by atoms with E-state index in [0.29, 0.717) is 24.0 Å². The molecule has 0 radical (unpaired) electrons. The Morgan fingerprint density at radius 2 is 2.00 bits per heavy atom. The fourth-order valence-electron chi connectivity index (χ4n) is 2.76. The minimum Gasteiger partial charge on any atom is -0.465 e. The summed E-state index contributed by atoms with van der Waals surface area (Å²) in [4.78, 5) is 20.8. The van der Waals surface area contributed by atoms with Crippen LogP contribution in [0.15, 0.2) is 47.5 Å². The third kappa shape index (κ3) is 6.20. The SMILES string of the molecule is COC(=O)c1ccc(CN=C(N)NCCc2ccccc2)nc1C1CC1.I. The normalized spacial score (nSPS) is 13.6. The number of carbonyl (C=O) groups excluding carboxylic acids is 1. The molecule has 0 spiro atoms. The number of hydrogen-bond acceptors (Lipinski definition) is 4. The first-order valence-corrected chi connectivity index (χ1v) is 8.83. The molecule has 0 atom stereocenters. The number of hydrogen-bond donors (Lipinski definition) is 2. The third-order valence-electron chi connectivity index (χ3n) is 4.33. The van der Waals surface area contributed by atoms with E-state index in [1.165, 1.54) is 12.7 Å². The molecule has 1 aromatic heterocycles. The van der Waals surface area contributed by atoms with Crippen molar-refractivity contribution in [3.63, 3.8) is 0 Å². The van der Waals surface area contributed by atoms with Gasteiger partial charge in [0.2, 0.25) is 0 Å². The molecule has 3 rings (SSSR count). The van der Waals surface area contributed by atoms with Crippen LogP contribution in [0.2, 0.25) is 0 Å². The number of methoxy groups -OCH3 is 1. The summed E-state index contributed by atoms with van der Waals surface area (Å²) in [6.45, 7) is 1.10. The van der Waals surface area contributed by atoms with Gasteiger partial charge in [0.05, 0.1) is 30.6 Å². The van der Waals surface area contributed by atoms with Gasteiger partial charge in [-0.25, -0.2) is 9.79 Å². The highest BCUT2D eigenvalue weighted by molar-refractivity contribution is 14.0. The molecular weight excluding hydrogens is 455 g/mol. The molecule has 27 heavy (non-hydrogen) atoms. The van der Waals surface area contributed by atoms with E-state index in [1.807, 2.05) is 18.2 Å². The van der Waals surface area contributed by atoms with Crippen LogP contribution in [0.3, 0.4) is 0 Å². The maximum absolute atomic E-state index is 11.9. The lowest BCUT2D eigenvalue weighted by Gasteiger charge is -2.09. The molecule has 1 aromatic carbocycles. The molecule has 2 aromatic rings. The number of esters is 1. The summed E-state index contributed by atoms with van der Waals surface area (Å²) in [5.41, 5.74) is 9.35. The van der Waals surface area contributed by atoms with Crippen LogP contribution >= 0.6 is 24.0 Å². The molecule has 1 aliphatic rings. The number of benzene rings is 1. The van der Waals surface area contributed by atoms with Gasteiger partial charge in [-0.05, 0) is 37.0 Å². The Balaban J connectivity index is 0.00000261. The number of nitrogens with zero attached hydrogens (tertiary/aromatic N) is 2. The first kappa shape index (κ1) is 21.1.